The zero-order valence-corrected chi connectivity index (χ0v) is 17.1. The largest absolute Gasteiger partial charge is 0.369 e. The molecular weight excluding hydrogens is 387 g/mol. The molecule has 1 saturated heterocycles. The SMILES string of the molecule is CCC(CC)Sc1nc2cc(N3CCC(N)C3)c(Cl)cc2[nH]1.Cl.Cl. The molecule has 2 aromatic rings. The van der Waals surface area contributed by atoms with Gasteiger partial charge in [-0.15, -0.1) is 24.8 Å². The molecule has 24 heavy (non-hydrogen) atoms. The van der Waals surface area contributed by atoms with Crippen LogP contribution in [0.3, 0.4) is 0 Å². The van der Waals surface area contributed by atoms with E-state index in [0.29, 0.717) is 5.25 Å². The van der Waals surface area contributed by atoms with Crippen molar-refractivity contribution in [2.75, 3.05) is 18.0 Å². The van der Waals surface area contributed by atoms with Crippen LogP contribution in [0.25, 0.3) is 11.0 Å². The van der Waals surface area contributed by atoms with E-state index in [1.807, 2.05) is 17.8 Å². The van der Waals surface area contributed by atoms with E-state index in [4.69, 9.17) is 22.3 Å². The van der Waals surface area contributed by atoms with Crippen LogP contribution in [0.4, 0.5) is 5.69 Å². The maximum Gasteiger partial charge on any atom is 0.166 e. The summed E-state index contributed by atoms with van der Waals surface area (Å²) in [6.45, 7) is 6.27. The van der Waals surface area contributed by atoms with Crippen LogP contribution < -0.4 is 10.6 Å². The van der Waals surface area contributed by atoms with Crippen LogP contribution in [0.1, 0.15) is 33.1 Å². The van der Waals surface area contributed by atoms with Gasteiger partial charge in [0.1, 0.15) is 0 Å². The van der Waals surface area contributed by atoms with Gasteiger partial charge in [-0.1, -0.05) is 37.2 Å². The minimum atomic E-state index is 0. The fourth-order valence-electron chi connectivity index (χ4n) is 2.91. The number of benzene rings is 1. The molecular formula is C16H25Cl3N4S. The Balaban J connectivity index is 0.00000144. The quantitative estimate of drug-likeness (QED) is 0.688. The van der Waals surface area contributed by atoms with Crippen LogP contribution in [0.5, 0.6) is 0 Å². The summed E-state index contributed by atoms with van der Waals surface area (Å²) in [6.07, 6.45) is 3.32. The van der Waals surface area contributed by atoms with Crippen LogP contribution in [0.15, 0.2) is 17.3 Å². The molecule has 2 heterocycles. The van der Waals surface area contributed by atoms with Gasteiger partial charge < -0.3 is 15.6 Å². The molecule has 0 saturated carbocycles. The molecule has 1 aliphatic rings. The van der Waals surface area contributed by atoms with E-state index >= 15 is 0 Å². The van der Waals surface area contributed by atoms with E-state index in [0.717, 1.165) is 59.3 Å². The number of fused-ring (bicyclic) bond motifs is 1. The van der Waals surface area contributed by atoms with Crippen LogP contribution >= 0.6 is 48.2 Å². The second-order valence-electron chi connectivity index (χ2n) is 5.91. The van der Waals surface area contributed by atoms with Gasteiger partial charge in [-0.3, -0.25) is 0 Å². The minimum absolute atomic E-state index is 0. The van der Waals surface area contributed by atoms with Crippen molar-refractivity contribution >= 4 is 64.9 Å². The Hall–Kier alpha value is -0.330. The monoisotopic (exact) mass is 410 g/mol. The maximum absolute atomic E-state index is 6.46. The van der Waals surface area contributed by atoms with Gasteiger partial charge in [0.25, 0.3) is 0 Å². The highest BCUT2D eigenvalue weighted by Crippen LogP contribution is 2.34. The van der Waals surface area contributed by atoms with Crippen molar-refractivity contribution in [2.45, 2.75) is 49.6 Å². The first-order valence-electron chi connectivity index (χ1n) is 7.97. The van der Waals surface area contributed by atoms with E-state index in [2.05, 4.69) is 29.8 Å². The number of nitrogens with zero attached hydrogens (tertiary/aromatic N) is 2. The summed E-state index contributed by atoms with van der Waals surface area (Å²) in [6, 6.07) is 4.32. The summed E-state index contributed by atoms with van der Waals surface area (Å²) in [5, 5.41) is 2.35. The fourth-order valence-corrected chi connectivity index (χ4v) is 4.17. The highest BCUT2D eigenvalue weighted by molar-refractivity contribution is 7.99. The van der Waals surface area contributed by atoms with Crippen molar-refractivity contribution < 1.29 is 0 Å². The topological polar surface area (TPSA) is 57.9 Å². The fraction of sp³-hybridized carbons (Fsp3) is 0.562. The molecule has 4 nitrogen and oxygen atoms in total. The van der Waals surface area contributed by atoms with Gasteiger partial charge >= 0.3 is 0 Å². The summed E-state index contributed by atoms with van der Waals surface area (Å²) in [4.78, 5) is 10.4. The van der Waals surface area contributed by atoms with Gasteiger partial charge in [-0.05, 0) is 31.4 Å². The zero-order valence-electron chi connectivity index (χ0n) is 13.9. The average Bonchev–Trinajstić information content (AvgIpc) is 3.09. The second kappa shape index (κ2) is 9.39. The molecule has 1 aliphatic heterocycles. The normalized spacial score (nSPS) is 17.2. The van der Waals surface area contributed by atoms with Gasteiger partial charge in [-0.25, -0.2) is 4.98 Å². The Morgan fingerprint density at radius 1 is 1.38 bits per heavy atom. The number of nitrogens with one attached hydrogen (secondary N) is 1. The highest BCUT2D eigenvalue weighted by atomic mass is 35.5. The highest BCUT2D eigenvalue weighted by Gasteiger charge is 2.22. The Bertz CT molecular complexity index is 660. The van der Waals surface area contributed by atoms with Crippen molar-refractivity contribution in [1.82, 2.24) is 9.97 Å². The van der Waals surface area contributed by atoms with Gasteiger partial charge in [0, 0.05) is 24.4 Å². The first kappa shape index (κ1) is 21.7. The molecule has 1 aromatic heterocycles. The lowest BCUT2D eigenvalue weighted by atomic mass is 10.2. The summed E-state index contributed by atoms with van der Waals surface area (Å²) in [5.74, 6) is 0. The Morgan fingerprint density at radius 2 is 2.08 bits per heavy atom. The number of nitrogens with two attached hydrogens (primary N) is 1. The smallest absolute Gasteiger partial charge is 0.166 e. The first-order valence-corrected chi connectivity index (χ1v) is 9.22. The molecule has 0 spiro atoms. The zero-order chi connectivity index (χ0) is 15.7. The number of hydrogen-bond donors (Lipinski definition) is 2. The maximum atomic E-state index is 6.46. The number of hydrogen-bond acceptors (Lipinski definition) is 4. The van der Waals surface area contributed by atoms with Crippen molar-refractivity contribution in [3.63, 3.8) is 0 Å². The number of aromatic amines is 1. The van der Waals surface area contributed by atoms with Gasteiger partial charge in [0.05, 0.1) is 21.7 Å². The molecule has 0 aliphatic carbocycles. The number of anilines is 1. The van der Waals surface area contributed by atoms with Crippen molar-refractivity contribution in [3.05, 3.63) is 17.2 Å². The summed E-state index contributed by atoms with van der Waals surface area (Å²) in [5.41, 5.74) is 9.04. The van der Waals surface area contributed by atoms with E-state index < -0.39 is 0 Å². The lowest BCUT2D eigenvalue weighted by Crippen LogP contribution is -2.26. The van der Waals surface area contributed by atoms with Gasteiger partial charge in [0.15, 0.2) is 5.16 Å². The van der Waals surface area contributed by atoms with Crippen molar-refractivity contribution in [1.29, 1.82) is 0 Å². The number of halogens is 3. The van der Waals surface area contributed by atoms with Crippen LogP contribution in [0.2, 0.25) is 5.02 Å². The Labute approximate surface area is 165 Å². The first-order chi connectivity index (χ1) is 10.6. The molecule has 3 N–H and O–H groups in total. The summed E-state index contributed by atoms with van der Waals surface area (Å²) in [7, 11) is 0. The summed E-state index contributed by atoms with van der Waals surface area (Å²) < 4.78 is 0. The standard InChI is InChI=1S/C16H23ClN4S.2ClH/c1-3-11(4-2)22-16-19-13-7-12(17)15(8-14(13)20-16)21-6-5-10(18)9-21;;/h7-8,10-11H,3-6,9,18H2,1-2H3,(H,19,20);2*1H. The van der Waals surface area contributed by atoms with Crippen LogP contribution in [-0.4, -0.2) is 34.3 Å². The third-order valence-electron chi connectivity index (χ3n) is 4.28. The molecule has 1 fully saturated rings. The molecule has 8 heteroatoms. The van der Waals surface area contributed by atoms with Crippen LogP contribution in [0, 0.1) is 0 Å². The predicted octanol–water partition coefficient (Wildman–Crippen LogP) is 4.88. The third kappa shape index (κ3) is 4.64. The van der Waals surface area contributed by atoms with Crippen molar-refractivity contribution in [3.8, 4) is 0 Å². The van der Waals surface area contributed by atoms with E-state index in [9.17, 15) is 0 Å². The molecule has 136 valence electrons. The molecule has 1 atom stereocenters. The number of imidazole rings is 1. The summed E-state index contributed by atoms with van der Waals surface area (Å²) >= 11 is 8.28. The number of rotatable bonds is 5. The van der Waals surface area contributed by atoms with Gasteiger partial charge in [0.2, 0.25) is 0 Å². The number of thioether (sulfide) groups is 1. The second-order valence-corrected chi connectivity index (χ2v) is 7.61. The van der Waals surface area contributed by atoms with E-state index in [-0.39, 0.29) is 30.9 Å². The van der Waals surface area contributed by atoms with Crippen LogP contribution in [-0.2, 0) is 0 Å². The Kier molecular flexibility index (Phi) is 8.50. The average molecular weight is 412 g/mol. The molecule has 0 radical (unpaired) electrons. The number of H-pyrrole nitrogens is 1. The van der Waals surface area contributed by atoms with E-state index in [1.54, 1.807) is 0 Å². The molecule has 0 amide bonds. The molecule has 1 unspecified atom stereocenters. The molecule has 0 bridgehead atoms. The lowest BCUT2D eigenvalue weighted by molar-refractivity contribution is 0.752. The molecule has 3 rings (SSSR count). The van der Waals surface area contributed by atoms with Crippen molar-refractivity contribution in [2.24, 2.45) is 5.73 Å². The lowest BCUT2D eigenvalue weighted by Gasteiger charge is -2.19. The third-order valence-corrected chi connectivity index (χ3v) is 6.00. The van der Waals surface area contributed by atoms with Gasteiger partial charge in [-0.2, -0.15) is 0 Å². The number of aromatic nitrogens is 2. The minimum Gasteiger partial charge on any atom is -0.369 e. The Morgan fingerprint density at radius 3 is 2.67 bits per heavy atom. The molecule has 1 aromatic carbocycles. The van der Waals surface area contributed by atoms with E-state index in [1.165, 1.54) is 0 Å². The predicted molar refractivity (Wildman–Crippen MR) is 111 cm³/mol.